The second-order valence-electron chi connectivity index (χ2n) is 8.71. The Morgan fingerprint density at radius 3 is 2.71 bits per heavy atom. The summed E-state index contributed by atoms with van der Waals surface area (Å²) in [4.78, 5) is 26.6. The third-order valence-corrected chi connectivity index (χ3v) is 6.31. The first kappa shape index (κ1) is 21.8. The number of fused-ring (bicyclic) bond motifs is 3. The second-order valence-corrected chi connectivity index (χ2v) is 8.71. The highest BCUT2D eigenvalue weighted by molar-refractivity contribution is 5.89. The molecule has 1 atom stereocenters. The number of carbonyl (C=O) groups is 1. The van der Waals surface area contributed by atoms with Gasteiger partial charge in [-0.3, -0.25) is 4.79 Å². The number of carbonyl (C=O) groups excluding carboxylic acids is 1. The van der Waals surface area contributed by atoms with Gasteiger partial charge in [-0.1, -0.05) is 0 Å². The van der Waals surface area contributed by atoms with Gasteiger partial charge in [-0.05, 0) is 62.8 Å². The minimum absolute atomic E-state index is 0.127. The molecule has 2 heterocycles. The molecule has 31 heavy (non-hydrogen) atoms. The maximum absolute atomic E-state index is 12.6. The molecular formula is C24H33N2O5+. The van der Waals surface area contributed by atoms with Crippen LogP contribution in [0.3, 0.4) is 0 Å². The number of hydrogen-bond acceptors (Lipinski definition) is 5. The molecule has 7 nitrogen and oxygen atoms in total. The Morgan fingerprint density at radius 1 is 1.19 bits per heavy atom. The smallest absolute Gasteiger partial charge is 0.339 e. The molecule has 2 N–H and O–H groups in total. The average molecular weight is 430 g/mol. The van der Waals surface area contributed by atoms with Crippen molar-refractivity contribution in [2.24, 2.45) is 0 Å². The molecule has 1 amide bonds. The van der Waals surface area contributed by atoms with Crippen LogP contribution in [-0.2, 0) is 22.4 Å². The molecule has 2 aliphatic rings. The first-order valence-corrected chi connectivity index (χ1v) is 11.5. The molecule has 1 aromatic carbocycles. The van der Waals surface area contributed by atoms with Gasteiger partial charge in [-0.25, -0.2) is 4.79 Å². The lowest BCUT2D eigenvalue weighted by Gasteiger charge is -2.24. The summed E-state index contributed by atoms with van der Waals surface area (Å²) in [7, 11) is 0. The topological polar surface area (TPSA) is 82.2 Å². The van der Waals surface area contributed by atoms with E-state index in [-0.39, 0.29) is 11.5 Å². The van der Waals surface area contributed by atoms with Gasteiger partial charge in [0.1, 0.15) is 24.4 Å². The molecule has 0 saturated carbocycles. The minimum atomic E-state index is -0.632. The molecule has 2 aromatic rings. The number of morpholine rings is 1. The van der Waals surface area contributed by atoms with E-state index in [0.29, 0.717) is 17.9 Å². The number of hydrogen-bond donors (Lipinski definition) is 2. The van der Waals surface area contributed by atoms with Gasteiger partial charge in [0.2, 0.25) is 0 Å². The van der Waals surface area contributed by atoms with Crippen LogP contribution in [0, 0.1) is 6.92 Å². The average Bonchev–Trinajstić information content (AvgIpc) is 2.77. The predicted molar refractivity (Wildman–Crippen MR) is 118 cm³/mol. The van der Waals surface area contributed by atoms with E-state index in [1.807, 2.05) is 19.1 Å². The molecule has 1 saturated heterocycles. The number of nitrogens with one attached hydrogen (secondary N) is 2. The Morgan fingerprint density at radius 2 is 1.94 bits per heavy atom. The van der Waals surface area contributed by atoms with Gasteiger partial charge >= 0.3 is 5.63 Å². The maximum Gasteiger partial charge on any atom is 0.339 e. The van der Waals surface area contributed by atoms with Crippen LogP contribution in [0.5, 0.6) is 5.75 Å². The minimum Gasteiger partial charge on any atom is -0.480 e. The van der Waals surface area contributed by atoms with Crippen LogP contribution < -0.4 is 20.6 Å². The summed E-state index contributed by atoms with van der Waals surface area (Å²) in [6.45, 7) is 9.08. The molecule has 0 unspecified atom stereocenters. The molecule has 168 valence electrons. The lowest BCUT2D eigenvalue weighted by Crippen LogP contribution is -3.14. The van der Waals surface area contributed by atoms with Crippen molar-refractivity contribution in [2.45, 2.75) is 52.1 Å². The van der Waals surface area contributed by atoms with E-state index in [9.17, 15) is 9.59 Å². The van der Waals surface area contributed by atoms with Gasteiger partial charge in [0.15, 0.2) is 6.10 Å². The van der Waals surface area contributed by atoms with E-state index in [0.717, 1.165) is 87.0 Å². The lowest BCUT2D eigenvalue weighted by atomic mass is 9.90. The fourth-order valence-electron chi connectivity index (χ4n) is 4.61. The van der Waals surface area contributed by atoms with Crippen LogP contribution in [0.2, 0.25) is 0 Å². The van der Waals surface area contributed by atoms with Crippen LogP contribution in [0.1, 0.15) is 42.9 Å². The van der Waals surface area contributed by atoms with E-state index in [4.69, 9.17) is 13.9 Å². The zero-order chi connectivity index (χ0) is 21.8. The Labute approximate surface area is 182 Å². The molecule has 1 aliphatic heterocycles. The molecule has 4 rings (SSSR count). The Kier molecular flexibility index (Phi) is 6.92. The van der Waals surface area contributed by atoms with Gasteiger partial charge in [0.05, 0.1) is 25.1 Å². The highest BCUT2D eigenvalue weighted by Crippen LogP contribution is 2.35. The van der Waals surface area contributed by atoms with Gasteiger partial charge in [0.25, 0.3) is 5.91 Å². The van der Waals surface area contributed by atoms with Crippen LogP contribution in [0.25, 0.3) is 11.0 Å². The zero-order valence-corrected chi connectivity index (χ0v) is 18.6. The van der Waals surface area contributed by atoms with Crippen molar-refractivity contribution in [3.63, 3.8) is 0 Å². The molecule has 1 fully saturated rings. The zero-order valence-electron chi connectivity index (χ0n) is 18.6. The van der Waals surface area contributed by atoms with E-state index in [2.05, 4.69) is 5.32 Å². The van der Waals surface area contributed by atoms with Gasteiger partial charge in [0, 0.05) is 18.5 Å². The number of amides is 1. The lowest BCUT2D eigenvalue weighted by molar-refractivity contribution is -0.908. The fraction of sp³-hybridized carbons (Fsp3) is 0.583. The van der Waals surface area contributed by atoms with E-state index in [1.54, 1.807) is 6.92 Å². The number of quaternary nitrogens is 1. The maximum atomic E-state index is 12.6. The summed E-state index contributed by atoms with van der Waals surface area (Å²) in [5.74, 6) is 0.496. The third kappa shape index (κ3) is 5.10. The normalized spacial score (nSPS) is 17.9. The standard InChI is InChI=1S/C24H32N2O5/c1-16-14-20(22-18-6-3-4-7-19(18)24(28)31-21(22)15-16)30-17(2)23(27)25-8-5-9-26-10-12-29-13-11-26/h14-15,17H,3-13H2,1-2H3,(H,25,27)/p+1/t17-/m0/s1. The van der Waals surface area contributed by atoms with Crippen molar-refractivity contribution < 1.29 is 23.6 Å². The first-order valence-electron chi connectivity index (χ1n) is 11.5. The number of aryl methyl sites for hydroxylation is 2. The van der Waals surface area contributed by atoms with Crippen molar-refractivity contribution >= 4 is 16.9 Å². The van der Waals surface area contributed by atoms with Crippen LogP contribution >= 0.6 is 0 Å². The molecule has 0 radical (unpaired) electrons. The first-order chi connectivity index (χ1) is 15.0. The number of benzene rings is 1. The summed E-state index contributed by atoms with van der Waals surface area (Å²) < 4.78 is 17.1. The predicted octanol–water partition coefficient (Wildman–Crippen LogP) is 1.17. The van der Waals surface area contributed by atoms with Crippen LogP contribution in [0.4, 0.5) is 0 Å². The molecule has 1 aliphatic carbocycles. The SMILES string of the molecule is Cc1cc(O[C@@H](C)C(=O)NCCC[NH+]2CCOCC2)c2c3c(c(=O)oc2c1)CCCC3. The Hall–Kier alpha value is -2.38. The van der Waals surface area contributed by atoms with E-state index < -0.39 is 6.10 Å². The number of ether oxygens (including phenoxy) is 2. The Balaban J connectivity index is 1.43. The molecule has 1 aromatic heterocycles. The summed E-state index contributed by atoms with van der Waals surface area (Å²) in [6.07, 6.45) is 3.91. The number of rotatable bonds is 7. The molecule has 7 heteroatoms. The quantitative estimate of drug-likeness (QED) is 0.510. The second kappa shape index (κ2) is 9.83. The summed E-state index contributed by atoms with van der Waals surface area (Å²) in [6, 6.07) is 3.81. The van der Waals surface area contributed by atoms with Crippen molar-refractivity contribution in [2.75, 3.05) is 39.4 Å². The Bertz CT molecular complexity index is 994. The van der Waals surface area contributed by atoms with E-state index in [1.165, 1.54) is 4.90 Å². The van der Waals surface area contributed by atoms with Crippen molar-refractivity contribution in [1.82, 2.24) is 5.32 Å². The molecule has 0 spiro atoms. The van der Waals surface area contributed by atoms with E-state index >= 15 is 0 Å². The van der Waals surface area contributed by atoms with Gasteiger partial charge < -0.3 is 24.1 Å². The summed E-state index contributed by atoms with van der Waals surface area (Å²) >= 11 is 0. The molecule has 0 bridgehead atoms. The third-order valence-electron chi connectivity index (χ3n) is 6.31. The van der Waals surface area contributed by atoms with Crippen molar-refractivity contribution in [3.05, 3.63) is 39.2 Å². The highest BCUT2D eigenvalue weighted by Gasteiger charge is 2.23. The van der Waals surface area contributed by atoms with Gasteiger partial charge in [-0.15, -0.1) is 0 Å². The van der Waals surface area contributed by atoms with Crippen LogP contribution in [0.15, 0.2) is 21.3 Å². The monoisotopic (exact) mass is 429 g/mol. The summed E-state index contributed by atoms with van der Waals surface area (Å²) in [5, 5.41) is 3.84. The fourth-order valence-corrected chi connectivity index (χ4v) is 4.61. The summed E-state index contributed by atoms with van der Waals surface area (Å²) in [5.41, 5.74) is 3.01. The molecular weight excluding hydrogens is 396 g/mol. The highest BCUT2D eigenvalue weighted by atomic mass is 16.5. The van der Waals surface area contributed by atoms with Crippen molar-refractivity contribution in [1.29, 1.82) is 0 Å². The van der Waals surface area contributed by atoms with Crippen LogP contribution in [-0.4, -0.2) is 51.4 Å². The van der Waals surface area contributed by atoms with Gasteiger partial charge in [-0.2, -0.15) is 0 Å². The largest absolute Gasteiger partial charge is 0.480 e. The van der Waals surface area contributed by atoms with Crippen molar-refractivity contribution in [3.8, 4) is 5.75 Å².